The molecule has 0 aliphatic heterocycles. The largest absolute Gasteiger partial charge is 0.386 e. The summed E-state index contributed by atoms with van der Waals surface area (Å²) in [6.07, 6.45) is 5.06. The molecule has 25 heavy (non-hydrogen) atoms. The van der Waals surface area contributed by atoms with Gasteiger partial charge in [-0.05, 0) is 41.9 Å². The molecule has 0 radical (unpaired) electrons. The Labute approximate surface area is 156 Å². The molecule has 0 saturated heterocycles. The van der Waals surface area contributed by atoms with Crippen molar-refractivity contribution in [1.29, 1.82) is 0 Å². The first kappa shape index (κ1) is 23.9. The van der Waals surface area contributed by atoms with Gasteiger partial charge in [-0.2, -0.15) is 0 Å². The molecule has 0 aliphatic rings. The number of rotatable bonds is 9. The van der Waals surface area contributed by atoms with Crippen molar-refractivity contribution in [2.75, 3.05) is 13.2 Å². The van der Waals surface area contributed by atoms with Crippen molar-refractivity contribution in [3.63, 3.8) is 0 Å². The maximum Gasteiger partial charge on any atom is 0.260 e. The Morgan fingerprint density at radius 2 is 1.36 bits per heavy atom. The molecule has 0 spiro atoms. The average Bonchev–Trinajstić information content (AvgIpc) is 2.32. The van der Waals surface area contributed by atoms with Gasteiger partial charge in [-0.15, -0.1) is 0 Å². The second-order valence-electron chi connectivity index (χ2n) is 10.8. The number of nitrogens with one attached hydrogen (secondary N) is 1. The summed E-state index contributed by atoms with van der Waals surface area (Å²) in [4.78, 5) is 17.2. The maximum atomic E-state index is 11.8. The molecule has 0 saturated carbocycles. The van der Waals surface area contributed by atoms with E-state index in [1.807, 2.05) is 0 Å². The van der Waals surface area contributed by atoms with Gasteiger partial charge >= 0.3 is 0 Å². The molecule has 0 aliphatic carbocycles. The van der Waals surface area contributed by atoms with Crippen LogP contribution < -0.4 is 5.32 Å². The number of carbonyl (C=O) groups is 1. The van der Waals surface area contributed by atoms with E-state index in [1.165, 1.54) is 6.42 Å². The molecule has 0 atom stereocenters. The lowest BCUT2D eigenvalue weighted by Gasteiger charge is -2.24. The molecular formula is C21H42N2O2. The Bertz CT molecular complexity index is 403. The molecule has 4 heteroatoms. The summed E-state index contributed by atoms with van der Waals surface area (Å²) in [7, 11) is 0. The van der Waals surface area contributed by atoms with Gasteiger partial charge in [-0.1, -0.05) is 73.9 Å². The van der Waals surface area contributed by atoms with Crippen molar-refractivity contribution < 1.29 is 9.63 Å². The monoisotopic (exact) mass is 354 g/mol. The van der Waals surface area contributed by atoms with Crippen molar-refractivity contribution in [3.8, 4) is 0 Å². The Balaban J connectivity index is 4.22. The summed E-state index contributed by atoms with van der Waals surface area (Å²) in [6, 6.07) is 0. The van der Waals surface area contributed by atoms with Crippen LogP contribution in [0.1, 0.15) is 94.4 Å². The number of carbonyl (C=O) groups excluding carboxylic acids is 1. The highest BCUT2D eigenvalue weighted by atomic mass is 16.6. The Morgan fingerprint density at radius 1 is 0.840 bits per heavy atom. The quantitative estimate of drug-likeness (QED) is 0.334. The number of amides is 1. The van der Waals surface area contributed by atoms with Crippen LogP contribution in [-0.2, 0) is 9.63 Å². The van der Waals surface area contributed by atoms with Crippen molar-refractivity contribution in [1.82, 2.24) is 5.32 Å². The lowest BCUT2D eigenvalue weighted by atomic mass is 9.82. The predicted molar refractivity (Wildman–Crippen MR) is 108 cm³/mol. The Morgan fingerprint density at radius 3 is 1.80 bits per heavy atom. The van der Waals surface area contributed by atoms with E-state index in [0.717, 1.165) is 31.4 Å². The molecule has 4 nitrogen and oxygen atoms in total. The number of unbranched alkanes of at least 4 members (excludes halogenated alkanes) is 1. The van der Waals surface area contributed by atoms with E-state index in [1.54, 1.807) is 0 Å². The topological polar surface area (TPSA) is 50.7 Å². The first-order valence-electron chi connectivity index (χ1n) is 9.62. The normalized spacial score (nSPS) is 12.7. The van der Waals surface area contributed by atoms with Crippen LogP contribution in [0, 0.1) is 16.2 Å². The zero-order valence-electron chi connectivity index (χ0n) is 18.2. The maximum absolute atomic E-state index is 11.8. The fourth-order valence-corrected chi connectivity index (χ4v) is 2.59. The minimum absolute atomic E-state index is 0.00292. The van der Waals surface area contributed by atoms with Crippen LogP contribution in [0.4, 0.5) is 0 Å². The number of hydrogen-bond acceptors (Lipinski definition) is 3. The molecule has 0 heterocycles. The molecule has 0 fully saturated rings. The van der Waals surface area contributed by atoms with Crippen LogP contribution in [0.3, 0.4) is 0 Å². The highest BCUT2D eigenvalue weighted by molar-refractivity contribution is 5.85. The van der Waals surface area contributed by atoms with Crippen LogP contribution in [0.15, 0.2) is 5.16 Å². The minimum atomic E-state index is -0.0922. The molecule has 1 N–H and O–H groups in total. The van der Waals surface area contributed by atoms with E-state index in [0.29, 0.717) is 12.0 Å². The van der Waals surface area contributed by atoms with Gasteiger partial charge in [-0.3, -0.25) is 4.79 Å². The highest BCUT2D eigenvalue weighted by Gasteiger charge is 2.20. The van der Waals surface area contributed by atoms with E-state index in [2.05, 4.69) is 72.8 Å². The van der Waals surface area contributed by atoms with Crippen molar-refractivity contribution in [2.24, 2.45) is 21.4 Å². The van der Waals surface area contributed by atoms with Gasteiger partial charge in [0.1, 0.15) is 0 Å². The molecule has 0 aromatic heterocycles. The van der Waals surface area contributed by atoms with E-state index >= 15 is 0 Å². The molecule has 0 unspecified atom stereocenters. The minimum Gasteiger partial charge on any atom is -0.386 e. The molecular weight excluding hydrogens is 312 g/mol. The molecule has 0 bridgehead atoms. The number of nitrogens with zero attached hydrogens (tertiary/aromatic N) is 1. The molecule has 0 aromatic carbocycles. The van der Waals surface area contributed by atoms with Crippen LogP contribution in [-0.4, -0.2) is 24.8 Å². The SMILES string of the molecule is CC(C)(C)CCCCNC(=O)CON=C(CC(C)(C)C)CC(C)(C)C. The summed E-state index contributed by atoms with van der Waals surface area (Å²) in [5, 5.41) is 7.17. The third kappa shape index (κ3) is 17.6. The average molecular weight is 355 g/mol. The predicted octanol–water partition coefficient (Wildman–Crippen LogP) is 5.56. The van der Waals surface area contributed by atoms with E-state index < -0.39 is 0 Å². The standard InChI is InChI=1S/C21H42N2O2/c1-19(2,3)12-10-11-13-22-18(24)16-25-23-17(14-20(4,5)6)15-21(7,8)9/h10-16H2,1-9H3,(H,22,24). The van der Waals surface area contributed by atoms with Gasteiger partial charge < -0.3 is 10.2 Å². The van der Waals surface area contributed by atoms with Gasteiger partial charge in [0.2, 0.25) is 0 Å². The third-order valence-corrected chi connectivity index (χ3v) is 3.53. The molecule has 0 rings (SSSR count). The lowest BCUT2D eigenvalue weighted by Crippen LogP contribution is -2.28. The van der Waals surface area contributed by atoms with Gasteiger partial charge in [0.25, 0.3) is 5.91 Å². The second kappa shape index (κ2) is 10.2. The smallest absolute Gasteiger partial charge is 0.260 e. The van der Waals surface area contributed by atoms with Gasteiger partial charge in [0.15, 0.2) is 6.61 Å². The fourth-order valence-electron chi connectivity index (χ4n) is 2.59. The van der Waals surface area contributed by atoms with E-state index in [-0.39, 0.29) is 23.3 Å². The van der Waals surface area contributed by atoms with Crippen molar-refractivity contribution >= 4 is 11.6 Å². The second-order valence-corrected chi connectivity index (χ2v) is 10.8. The van der Waals surface area contributed by atoms with Gasteiger partial charge in [0, 0.05) is 6.54 Å². The Hall–Kier alpha value is -1.06. The number of oxime groups is 1. The zero-order valence-corrected chi connectivity index (χ0v) is 18.2. The summed E-state index contributed by atoms with van der Waals surface area (Å²) < 4.78 is 0. The lowest BCUT2D eigenvalue weighted by molar-refractivity contribution is -0.125. The summed E-state index contributed by atoms with van der Waals surface area (Å²) in [6.45, 7) is 20.6. The van der Waals surface area contributed by atoms with Gasteiger partial charge in [0.05, 0.1) is 5.71 Å². The van der Waals surface area contributed by atoms with Crippen LogP contribution in [0.25, 0.3) is 0 Å². The summed E-state index contributed by atoms with van der Waals surface area (Å²) in [5.74, 6) is -0.0922. The van der Waals surface area contributed by atoms with Crippen LogP contribution >= 0.6 is 0 Å². The first-order chi connectivity index (χ1) is 11.2. The zero-order chi connectivity index (χ0) is 19.7. The molecule has 148 valence electrons. The van der Waals surface area contributed by atoms with Crippen LogP contribution in [0.5, 0.6) is 0 Å². The highest BCUT2D eigenvalue weighted by Crippen LogP contribution is 2.26. The molecule has 1 amide bonds. The Kier molecular flexibility index (Phi) is 9.75. The van der Waals surface area contributed by atoms with E-state index in [4.69, 9.17) is 4.84 Å². The number of hydrogen-bond donors (Lipinski definition) is 1. The van der Waals surface area contributed by atoms with Gasteiger partial charge in [-0.25, -0.2) is 0 Å². The first-order valence-corrected chi connectivity index (χ1v) is 9.62. The third-order valence-electron chi connectivity index (χ3n) is 3.53. The summed E-state index contributed by atoms with van der Waals surface area (Å²) in [5.41, 5.74) is 1.70. The van der Waals surface area contributed by atoms with Crippen molar-refractivity contribution in [3.05, 3.63) is 0 Å². The van der Waals surface area contributed by atoms with Crippen LogP contribution in [0.2, 0.25) is 0 Å². The van der Waals surface area contributed by atoms with E-state index in [9.17, 15) is 4.79 Å². The summed E-state index contributed by atoms with van der Waals surface area (Å²) >= 11 is 0. The molecule has 0 aromatic rings. The fraction of sp³-hybridized carbons (Fsp3) is 0.905. The van der Waals surface area contributed by atoms with Crippen molar-refractivity contribution in [2.45, 2.75) is 94.4 Å².